The number of aliphatic imine (C=N–C) groups is 1. The van der Waals surface area contributed by atoms with Crippen molar-refractivity contribution in [1.29, 1.82) is 0 Å². The molecule has 0 spiro atoms. The maximum absolute atomic E-state index is 12.5. The van der Waals surface area contributed by atoms with Crippen LogP contribution in [-0.4, -0.2) is 39.5 Å². The third-order valence-electron chi connectivity index (χ3n) is 4.55. The van der Waals surface area contributed by atoms with Crippen molar-refractivity contribution in [2.24, 2.45) is 17.8 Å². The van der Waals surface area contributed by atoms with Crippen molar-refractivity contribution >= 4 is 23.5 Å². The molecule has 136 valence electrons. The summed E-state index contributed by atoms with van der Waals surface area (Å²) in [6, 6.07) is 9.02. The second-order valence-corrected chi connectivity index (χ2v) is 6.70. The lowest BCUT2D eigenvalue weighted by Gasteiger charge is -2.33. The first-order valence-electron chi connectivity index (χ1n) is 8.24. The Kier molecular flexibility index (Phi) is 4.27. The van der Waals surface area contributed by atoms with Crippen LogP contribution < -0.4 is 11.1 Å². The van der Waals surface area contributed by atoms with Gasteiger partial charge >= 0.3 is 0 Å². The third kappa shape index (κ3) is 3.17. The largest absolute Gasteiger partial charge is 0.369 e. The quantitative estimate of drug-likeness (QED) is 0.868. The zero-order valence-electron chi connectivity index (χ0n) is 15.3. The summed E-state index contributed by atoms with van der Waals surface area (Å²) in [6.07, 6.45) is 0.211. The van der Waals surface area contributed by atoms with Gasteiger partial charge in [0.1, 0.15) is 5.69 Å². The lowest BCUT2D eigenvalue weighted by atomic mass is 9.87. The van der Waals surface area contributed by atoms with E-state index in [-0.39, 0.29) is 24.2 Å². The second kappa shape index (κ2) is 6.29. The highest BCUT2D eigenvalue weighted by Gasteiger charge is 2.36. The number of aryl methyl sites for hydroxylation is 2. The van der Waals surface area contributed by atoms with Gasteiger partial charge in [-0.2, -0.15) is 5.10 Å². The SMILES string of the molecule is Cc1cc(C(=O)Nc2cccc([C@]3(C)CC(=O)N(C)C(N)=N3)c2)n(C)n1. The van der Waals surface area contributed by atoms with E-state index in [9.17, 15) is 9.59 Å². The highest BCUT2D eigenvalue weighted by Crippen LogP contribution is 2.34. The summed E-state index contributed by atoms with van der Waals surface area (Å²) in [4.78, 5) is 30.5. The highest BCUT2D eigenvalue weighted by molar-refractivity contribution is 6.03. The molecular weight excluding hydrogens is 332 g/mol. The smallest absolute Gasteiger partial charge is 0.273 e. The van der Waals surface area contributed by atoms with Gasteiger partial charge in [0, 0.05) is 19.8 Å². The molecule has 26 heavy (non-hydrogen) atoms. The number of nitrogens with one attached hydrogen (secondary N) is 1. The molecule has 0 radical (unpaired) electrons. The Hall–Kier alpha value is -3.16. The molecule has 2 amide bonds. The van der Waals surface area contributed by atoms with Gasteiger partial charge in [-0.15, -0.1) is 0 Å². The molecule has 0 aliphatic carbocycles. The van der Waals surface area contributed by atoms with Crippen LogP contribution in [0.15, 0.2) is 35.3 Å². The van der Waals surface area contributed by atoms with Crippen LogP contribution >= 0.6 is 0 Å². The molecule has 3 rings (SSSR count). The molecule has 2 heterocycles. The molecule has 3 N–H and O–H groups in total. The molecule has 0 fully saturated rings. The average molecular weight is 354 g/mol. The van der Waals surface area contributed by atoms with Crippen molar-refractivity contribution in [2.45, 2.75) is 25.8 Å². The number of nitrogens with two attached hydrogens (primary N) is 1. The molecule has 8 nitrogen and oxygen atoms in total. The van der Waals surface area contributed by atoms with Crippen LogP contribution in [0.4, 0.5) is 5.69 Å². The van der Waals surface area contributed by atoms with Gasteiger partial charge in [0.15, 0.2) is 5.96 Å². The summed E-state index contributed by atoms with van der Waals surface area (Å²) in [5, 5.41) is 7.05. The number of carbonyl (C=O) groups is 2. The van der Waals surface area contributed by atoms with E-state index in [1.54, 1.807) is 26.2 Å². The Balaban J connectivity index is 1.88. The molecule has 1 aromatic heterocycles. The minimum absolute atomic E-state index is 0.0974. The topological polar surface area (TPSA) is 106 Å². The maximum Gasteiger partial charge on any atom is 0.273 e. The van der Waals surface area contributed by atoms with Gasteiger partial charge in [0.25, 0.3) is 5.91 Å². The number of hydrogen-bond acceptors (Lipinski definition) is 5. The standard InChI is InChI=1S/C18H22N6O2/c1-11-8-14(24(4)22-11)16(26)20-13-7-5-6-12(9-13)18(2)10-15(25)23(3)17(19)21-18/h5-9H,10H2,1-4H3,(H2,19,21)(H,20,26)/t18-/m0/s1. The van der Waals surface area contributed by atoms with E-state index in [1.807, 2.05) is 32.0 Å². The van der Waals surface area contributed by atoms with Crippen molar-refractivity contribution in [3.63, 3.8) is 0 Å². The number of amides is 2. The van der Waals surface area contributed by atoms with E-state index < -0.39 is 5.54 Å². The lowest BCUT2D eigenvalue weighted by Crippen LogP contribution is -2.47. The van der Waals surface area contributed by atoms with Crippen LogP contribution in [0.1, 0.15) is 35.1 Å². The van der Waals surface area contributed by atoms with Crippen molar-refractivity contribution in [2.75, 3.05) is 12.4 Å². The fraction of sp³-hybridized carbons (Fsp3) is 0.333. The fourth-order valence-corrected chi connectivity index (χ4v) is 3.02. The number of carbonyl (C=O) groups excluding carboxylic acids is 2. The summed E-state index contributed by atoms with van der Waals surface area (Å²) in [5.41, 5.74) is 7.77. The monoisotopic (exact) mass is 354 g/mol. The van der Waals surface area contributed by atoms with Gasteiger partial charge in [-0.3, -0.25) is 19.2 Å². The van der Waals surface area contributed by atoms with Crippen molar-refractivity contribution in [1.82, 2.24) is 14.7 Å². The first-order valence-corrected chi connectivity index (χ1v) is 8.24. The van der Waals surface area contributed by atoms with E-state index in [2.05, 4.69) is 15.4 Å². The Bertz CT molecular complexity index is 916. The number of guanidine groups is 1. The number of benzene rings is 1. The molecule has 1 aliphatic rings. The van der Waals surface area contributed by atoms with Gasteiger partial charge in [-0.25, -0.2) is 4.99 Å². The number of rotatable bonds is 3. The molecule has 1 aliphatic heterocycles. The minimum Gasteiger partial charge on any atom is -0.369 e. The molecule has 1 aromatic carbocycles. The maximum atomic E-state index is 12.5. The second-order valence-electron chi connectivity index (χ2n) is 6.70. The molecule has 0 saturated heterocycles. The molecule has 0 bridgehead atoms. The van der Waals surface area contributed by atoms with E-state index in [0.717, 1.165) is 11.3 Å². The minimum atomic E-state index is -0.766. The summed E-state index contributed by atoms with van der Waals surface area (Å²) >= 11 is 0. The van der Waals surface area contributed by atoms with Crippen LogP contribution in [0.25, 0.3) is 0 Å². The predicted octanol–water partition coefficient (Wildman–Crippen LogP) is 1.37. The Morgan fingerprint density at radius 1 is 1.31 bits per heavy atom. The van der Waals surface area contributed by atoms with Crippen molar-refractivity contribution in [3.05, 3.63) is 47.3 Å². The summed E-state index contributed by atoms with van der Waals surface area (Å²) in [5.74, 6) is -0.166. The third-order valence-corrected chi connectivity index (χ3v) is 4.55. The number of nitrogens with zero attached hydrogens (tertiary/aromatic N) is 4. The van der Waals surface area contributed by atoms with Gasteiger partial charge in [0.05, 0.1) is 17.7 Å². The van der Waals surface area contributed by atoms with Crippen LogP contribution in [0.3, 0.4) is 0 Å². The Morgan fingerprint density at radius 2 is 2.04 bits per heavy atom. The molecular formula is C18H22N6O2. The zero-order valence-corrected chi connectivity index (χ0v) is 15.3. The van der Waals surface area contributed by atoms with E-state index >= 15 is 0 Å². The first-order chi connectivity index (χ1) is 12.2. The molecule has 1 atom stereocenters. The fourth-order valence-electron chi connectivity index (χ4n) is 3.02. The van der Waals surface area contributed by atoms with Crippen LogP contribution in [0.2, 0.25) is 0 Å². The van der Waals surface area contributed by atoms with Gasteiger partial charge in [-0.1, -0.05) is 12.1 Å². The lowest BCUT2D eigenvalue weighted by molar-refractivity contribution is -0.128. The summed E-state index contributed by atoms with van der Waals surface area (Å²) in [7, 11) is 3.33. The normalized spacial score (nSPS) is 20.1. The van der Waals surface area contributed by atoms with Gasteiger partial charge in [0.2, 0.25) is 5.91 Å². The van der Waals surface area contributed by atoms with Crippen LogP contribution in [-0.2, 0) is 17.4 Å². The predicted molar refractivity (Wildman–Crippen MR) is 98.7 cm³/mol. The van der Waals surface area contributed by atoms with Crippen molar-refractivity contribution < 1.29 is 9.59 Å². The average Bonchev–Trinajstić information content (AvgIpc) is 2.91. The van der Waals surface area contributed by atoms with E-state index in [4.69, 9.17) is 5.73 Å². The number of hydrogen-bond donors (Lipinski definition) is 2. The van der Waals surface area contributed by atoms with E-state index in [0.29, 0.717) is 11.4 Å². The van der Waals surface area contributed by atoms with Crippen molar-refractivity contribution in [3.8, 4) is 0 Å². The van der Waals surface area contributed by atoms with Crippen LogP contribution in [0, 0.1) is 6.92 Å². The number of anilines is 1. The summed E-state index contributed by atoms with van der Waals surface area (Å²) in [6.45, 7) is 3.69. The Labute approximate surface area is 151 Å². The molecule has 2 aromatic rings. The highest BCUT2D eigenvalue weighted by atomic mass is 16.2. The van der Waals surface area contributed by atoms with Gasteiger partial charge in [-0.05, 0) is 37.6 Å². The molecule has 0 unspecified atom stereocenters. The first kappa shape index (κ1) is 17.7. The van der Waals surface area contributed by atoms with Gasteiger partial charge < -0.3 is 11.1 Å². The van der Waals surface area contributed by atoms with E-state index in [1.165, 1.54) is 9.58 Å². The molecule has 0 saturated carbocycles. The number of aromatic nitrogens is 2. The Morgan fingerprint density at radius 3 is 2.65 bits per heavy atom. The zero-order chi connectivity index (χ0) is 19.1. The van der Waals surface area contributed by atoms with Crippen LogP contribution in [0.5, 0.6) is 0 Å². The molecule has 8 heteroatoms. The summed E-state index contributed by atoms with van der Waals surface area (Å²) < 4.78 is 1.54.